The predicted molar refractivity (Wildman–Crippen MR) is 88.1 cm³/mol. The van der Waals surface area contributed by atoms with Crippen molar-refractivity contribution in [1.82, 2.24) is 5.32 Å². The number of hydrogen-bond acceptors (Lipinski definition) is 3. The van der Waals surface area contributed by atoms with E-state index in [0.717, 1.165) is 24.8 Å². The Hall–Kier alpha value is -2.10. The van der Waals surface area contributed by atoms with Crippen LogP contribution in [-0.2, 0) is 16.0 Å². The smallest absolute Gasteiger partial charge is 0.339 e. The molecule has 1 aliphatic heterocycles. The van der Waals surface area contributed by atoms with E-state index in [4.69, 9.17) is 4.74 Å². The lowest BCUT2D eigenvalue weighted by atomic mass is 9.89. The summed E-state index contributed by atoms with van der Waals surface area (Å²) in [5.74, 6) is -0.628. The third kappa shape index (κ3) is 3.46. The summed E-state index contributed by atoms with van der Waals surface area (Å²) in [4.78, 5) is 24.6. The number of cyclic esters (lactones) is 1. The summed E-state index contributed by atoms with van der Waals surface area (Å²) < 4.78 is 5.44. The van der Waals surface area contributed by atoms with Crippen LogP contribution < -0.4 is 5.32 Å². The van der Waals surface area contributed by atoms with Gasteiger partial charge < -0.3 is 10.1 Å². The fraction of sp³-hybridized carbons (Fsp3) is 0.474. The minimum Gasteiger partial charge on any atom is -0.445 e. The van der Waals surface area contributed by atoms with Crippen LogP contribution in [0.1, 0.15) is 54.9 Å². The Labute approximate surface area is 136 Å². The molecule has 2 aliphatic rings. The summed E-state index contributed by atoms with van der Waals surface area (Å²) >= 11 is 0. The average molecular weight is 313 g/mol. The molecule has 1 amide bonds. The highest BCUT2D eigenvalue weighted by Crippen LogP contribution is 2.28. The summed E-state index contributed by atoms with van der Waals surface area (Å²) in [6.07, 6.45) is 8.38. The van der Waals surface area contributed by atoms with E-state index >= 15 is 0 Å². The van der Waals surface area contributed by atoms with Gasteiger partial charge in [-0.3, -0.25) is 4.79 Å². The Kier molecular flexibility index (Phi) is 4.51. The number of nitrogens with one attached hydrogen (secondary N) is 1. The Morgan fingerprint density at radius 3 is 2.91 bits per heavy atom. The third-order valence-corrected chi connectivity index (χ3v) is 4.68. The molecule has 122 valence electrons. The summed E-state index contributed by atoms with van der Waals surface area (Å²) in [7, 11) is 0. The second kappa shape index (κ2) is 6.57. The molecule has 0 bridgehead atoms. The molecule has 0 aromatic heterocycles. The summed E-state index contributed by atoms with van der Waals surface area (Å²) in [6.45, 7) is 2.29. The largest absolute Gasteiger partial charge is 0.445 e. The predicted octanol–water partition coefficient (Wildman–Crippen LogP) is 3.16. The number of carbonyl (C=O) groups is 2. The zero-order valence-electron chi connectivity index (χ0n) is 13.6. The lowest BCUT2D eigenvalue weighted by Crippen LogP contribution is -2.51. The zero-order valence-corrected chi connectivity index (χ0v) is 13.6. The van der Waals surface area contributed by atoms with E-state index in [-0.39, 0.29) is 5.91 Å². The van der Waals surface area contributed by atoms with Crippen LogP contribution in [-0.4, -0.2) is 24.0 Å². The fourth-order valence-corrected chi connectivity index (χ4v) is 3.31. The standard InChI is InChI=1S/C19H23NO3/c1-19(13-15-9-5-6-10-16(15)17(21)23-19)18(22)20-12-11-14-7-3-2-4-8-14/h5-7,9-10H,2-4,8,11-13H2,1H3,(H,20,22). The molecule has 23 heavy (non-hydrogen) atoms. The molecule has 0 saturated carbocycles. The van der Waals surface area contributed by atoms with Crippen molar-refractivity contribution in [2.75, 3.05) is 6.54 Å². The minimum absolute atomic E-state index is 0.211. The highest BCUT2D eigenvalue weighted by atomic mass is 16.6. The van der Waals surface area contributed by atoms with Gasteiger partial charge in [-0.1, -0.05) is 29.8 Å². The molecule has 1 aromatic carbocycles. The number of hydrogen-bond donors (Lipinski definition) is 1. The number of ether oxygens (including phenoxy) is 1. The third-order valence-electron chi connectivity index (χ3n) is 4.68. The molecular formula is C19H23NO3. The van der Waals surface area contributed by atoms with Crippen molar-refractivity contribution in [3.8, 4) is 0 Å². The molecule has 1 unspecified atom stereocenters. The maximum atomic E-state index is 12.5. The normalized spacial score (nSPS) is 23.5. The molecule has 0 radical (unpaired) electrons. The molecule has 1 atom stereocenters. The highest BCUT2D eigenvalue weighted by Gasteiger charge is 2.42. The van der Waals surface area contributed by atoms with Crippen LogP contribution in [0.2, 0.25) is 0 Å². The lowest BCUT2D eigenvalue weighted by molar-refractivity contribution is -0.139. The Morgan fingerprint density at radius 1 is 1.30 bits per heavy atom. The van der Waals surface area contributed by atoms with Crippen LogP contribution in [0.15, 0.2) is 35.9 Å². The quantitative estimate of drug-likeness (QED) is 0.686. The van der Waals surface area contributed by atoms with Crippen LogP contribution in [0, 0.1) is 0 Å². The van der Waals surface area contributed by atoms with Crippen molar-refractivity contribution in [1.29, 1.82) is 0 Å². The van der Waals surface area contributed by atoms with Gasteiger partial charge in [0, 0.05) is 13.0 Å². The van der Waals surface area contributed by atoms with Gasteiger partial charge in [0.1, 0.15) is 0 Å². The van der Waals surface area contributed by atoms with Crippen LogP contribution in [0.4, 0.5) is 0 Å². The van der Waals surface area contributed by atoms with Gasteiger partial charge in [-0.05, 0) is 50.7 Å². The molecule has 1 aromatic rings. The van der Waals surface area contributed by atoms with Gasteiger partial charge in [-0.2, -0.15) is 0 Å². The minimum atomic E-state index is -1.12. The summed E-state index contributed by atoms with van der Waals surface area (Å²) in [5.41, 5.74) is 1.74. The number of esters is 1. The lowest BCUT2D eigenvalue weighted by Gasteiger charge is -2.33. The molecule has 0 fully saturated rings. The molecule has 4 heteroatoms. The maximum Gasteiger partial charge on any atom is 0.339 e. The van der Waals surface area contributed by atoms with Gasteiger partial charge in [0.2, 0.25) is 0 Å². The number of carbonyl (C=O) groups excluding carboxylic acids is 2. The Balaban J connectivity index is 1.61. The molecule has 3 rings (SSSR count). The molecule has 1 aliphatic carbocycles. The maximum absolute atomic E-state index is 12.5. The van der Waals surface area contributed by atoms with Gasteiger partial charge in [0.05, 0.1) is 5.56 Å². The summed E-state index contributed by atoms with van der Waals surface area (Å²) in [5, 5.41) is 2.93. The first-order valence-corrected chi connectivity index (χ1v) is 8.36. The van der Waals surface area contributed by atoms with E-state index < -0.39 is 11.6 Å². The van der Waals surface area contributed by atoms with Crippen LogP contribution in [0.5, 0.6) is 0 Å². The Bertz CT molecular complexity index is 650. The number of benzene rings is 1. The van der Waals surface area contributed by atoms with E-state index in [0.29, 0.717) is 18.5 Å². The van der Waals surface area contributed by atoms with Gasteiger partial charge >= 0.3 is 5.97 Å². The number of amides is 1. The van der Waals surface area contributed by atoms with Crippen molar-refractivity contribution >= 4 is 11.9 Å². The second-order valence-electron chi connectivity index (χ2n) is 6.57. The second-order valence-corrected chi connectivity index (χ2v) is 6.57. The highest BCUT2D eigenvalue weighted by molar-refractivity contribution is 5.97. The molecule has 4 nitrogen and oxygen atoms in total. The first kappa shape index (κ1) is 15.8. The van der Waals surface area contributed by atoms with Gasteiger partial charge in [0.25, 0.3) is 5.91 Å². The van der Waals surface area contributed by atoms with Crippen molar-refractivity contribution in [2.45, 2.75) is 51.0 Å². The molecule has 0 saturated heterocycles. The molecular weight excluding hydrogens is 290 g/mol. The zero-order chi connectivity index (χ0) is 16.3. The first-order chi connectivity index (χ1) is 11.1. The van der Waals surface area contributed by atoms with Crippen LogP contribution in [0.25, 0.3) is 0 Å². The molecule has 0 spiro atoms. The van der Waals surface area contributed by atoms with Crippen LogP contribution >= 0.6 is 0 Å². The van der Waals surface area contributed by atoms with E-state index in [9.17, 15) is 9.59 Å². The average Bonchev–Trinajstić information content (AvgIpc) is 2.55. The number of rotatable bonds is 4. The van der Waals surface area contributed by atoms with Crippen LogP contribution in [0.3, 0.4) is 0 Å². The monoisotopic (exact) mass is 313 g/mol. The van der Waals surface area contributed by atoms with Gasteiger partial charge in [-0.25, -0.2) is 4.79 Å². The van der Waals surface area contributed by atoms with Crippen molar-refractivity contribution in [3.63, 3.8) is 0 Å². The van der Waals surface area contributed by atoms with Gasteiger partial charge in [-0.15, -0.1) is 0 Å². The van der Waals surface area contributed by atoms with Crippen molar-refractivity contribution in [2.24, 2.45) is 0 Å². The van der Waals surface area contributed by atoms with E-state index in [1.54, 1.807) is 19.1 Å². The first-order valence-electron chi connectivity index (χ1n) is 8.36. The Morgan fingerprint density at radius 2 is 2.13 bits per heavy atom. The van der Waals surface area contributed by atoms with Crippen molar-refractivity contribution in [3.05, 3.63) is 47.0 Å². The fourth-order valence-electron chi connectivity index (χ4n) is 3.31. The molecule has 1 heterocycles. The number of fused-ring (bicyclic) bond motifs is 1. The SMILES string of the molecule is CC1(C(=O)NCCC2=CCCCC2)Cc2ccccc2C(=O)O1. The molecule has 1 N–H and O–H groups in total. The van der Waals surface area contributed by atoms with E-state index in [1.165, 1.54) is 18.4 Å². The van der Waals surface area contributed by atoms with Gasteiger partial charge in [0.15, 0.2) is 5.60 Å². The topological polar surface area (TPSA) is 55.4 Å². The van der Waals surface area contributed by atoms with E-state index in [2.05, 4.69) is 11.4 Å². The van der Waals surface area contributed by atoms with Crippen molar-refractivity contribution < 1.29 is 14.3 Å². The number of allylic oxidation sites excluding steroid dienone is 1. The van der Waals surface area contributed by atoms with E-state index in [1.807, 2.05) is 12.1 Å². The summed E-state index contributed by atoms with van der Waals surface area (Å²) in [6, 6.07) is 7.31.